The molecule has 0 radical (unpaired) electrons. The zero-order valence-corrected chi connectivity index (χ0v) is 11.8. The van der Waals surface area contributed by atoms with Crippen LogP contribution in [0.3, 0.4) is 0 Å². The third-order valence-electron chi connectivity index (χ3n) is 3.93. The van der Waals surface area contributed by atoms with Gasteiger partial charge in [0.25, 0.3) is 0 Å². The lowest BCUT2D eigenvalue weighted by molar-refractivity contribution is -0.118. The molecule has 1 aromatic rings. The van der Waals surface area contributed by atoms with Crippen LogP contribution in [0.1, 0.15) is 12.8 Å². The number of methoxy groups -OCH3 is 1. The smallest absolute Gasteiger partial charge is 0.231 e. The van der Waals surface area contributed by atoms with Gasteiger partial charge in [-0.2, -0.15) is 0 Å². The van der Waals surface area contributed by atoms with Gasteiger partial charge in [-0.15, -0.1) is 0 Å². The van der Waals surface area contributed by atoms with Gasteiger partial charge in [0.2, 0.25) is 5.91 Å². The molecule has 2 aliphatic heterocycles. The average Bonchev–Trinajstić information content (AvgIpc) is 2.90. The molecule has 0 aliphatic carbocycles. The van der Waals surface area contributed by atoms with E-state index in [2.05, 4.69) is 9.88 Å². The van der Waals surface area contributed by atoms with Crippen molar-refractivity contribution in [2.75, 3.05) is 43.7 Å². The molecule has 1 atom stereocenters. The van der Waals surface area contributed by atoms with Crippen molar-refractivity contribution in [3.63, 3.8) is 0 Å². The summed E-state index contributed by atoms with van der Waals surface area (Å²) in [7, 11) is 3.48. The minimum atomic E-state index is 0.0321. The van der Waals surface area contributed by atoms with Crippen LogP contribution in [-0.4, -0.2) is 50.8 Å². The van der Waals surface area contributed by atoms with E-state index in [0.29, 0.717) is 24.6 Å². The second kappa shape index (κ2) is 5.28. The van der Waals surface area contributed by atoms with E-state index in [1.807, 2.05) is 6.07 Å². The quantitative estimate of drug-likeness (QED) is 0.809. The molecule has 1 amide bonds. The van der Waals surface area contributed by atoms with Crippen LogP contribution in [0, 0.1) is 0 Å². The number of pyridine rings is 1. The Morgan fingerprint density at radius 3 is 3.10 bits per heavy atom. The SMILES string of the molecule is COC1CCN(c2cnc3c(c2)OCCC(=O)N3C)C1. The number of rotatable bonds is 2. The average molecular weight is 277 g/mol. The Morgan fingerprint density at radius 2 is 2.35 bits per heavy atom. The number of carbonyl (C=O) groups is 1. The monoisotopic (exact) mass is 277 g/mol. The summed E-state index contributed by atoms with van der Waals surface area (Å²) in [6.45, 7) is 2.22. The predicted octanol–water partition coefficient (Wildman–Crippen LogP) is 1.05. The lowest BCUT2D eigenvalue weighted by Crippen LogP contribution is -2.26. The molecule has 6 heteroatoms. The zero-order chi connectivity index (χ0) is 14.1. The Morgan fingerprint density at radius 1 is 1.50 bits per heavy atom. The highest BCUT2D eigenvalue weighted by atomic mass is 16.5. The summed E-state index contributed by atoms with van der Waals surface area (Å²) in [5, 5.41) is 0. The third-order valence-corrected chi connectivity index (χ3v) is 3.93. The lowest BCUT2D eigenvalue weighted by Gasteiger charge is -2.21. The van der Waals surface area contributed by atoms with Crippen LogP contribution in [-0.2, 0) is 9.53 Å². The van der Waals surface area contributed by atoms with E-state index in [1.54, 1.807) is 25.3 Å². The minimum Gasteiger partial charge on any atom is -0.489 e. The molecule has 1 saturated heterocycles. The van der Waals surface area contributed by atoms with Crippen LogP contribution >= 0.6 is 0 Å². The van der Waals surface area contributed by atoms with Gasteiger partial charge in [0, 0.05) is 33.3 Å². The number of nitrogens with zero attached hydrogens (tertiary/aromatic N) is 3. The van der Waals surface area contributed by atoms with Crippen LogP contribution < -0.4 is 14.5 Å². The van der Waals surface area contributed by atoms with Crippen LogP contribution in [0.25, 0.3) is 0 Å². The maximum atomic E-state index is 11.8. The normalized spacial score (nSPS) is 22.5. The summed E-state index contributed by atoms with van der Waals surface area (Å²) < 4.78 is 11.0. The van der Waals surface area contributed by atoms with Gasteiger partial charge in [-0.3, -0.25) is 9.69 Å². The first-order chi connectivity index (χ1) is 9.69. The first kappa shape index (κ1) is 13.2. The van der Waals surface area contributed by atoms with Gasteiger partial charge in [0.15, 0.2) is 11.6 Å². The van der Waals surface area contributed by atoms with E-state index in [-0.39, 0.29) is 12.0 Å². The number of fused-ring (bicyclic) bond motifs is 1. The van der Waals surface area contributed by atoms with Crippen molar-refractivity contribution in [1.29, 1.82) is 0 Å². The minimum absolute atomic E-state index is 0.0321. The largest absolute Gasteiger partial charge is 0.489 e. The molecule has 0 aromatic carbocycles. The maximum absolute atomic E-state index is 11.8. The first-order valence-electron chi connectivity index (χ1n) is 6.86. The van der Waals surface area contributed by atoms with Crippen molar-refractivity contribution in [3.05, 3.63) is 12.3 Å². The Bertz CT molecular complexity index is 520. The van der Waals surface area contributed by atoms with Crippen LogP contribution in [0.15, 0.2) is 12.3 Å². The van der Waals surface area contributed by atoms with Gasteiger partial charge in [-0.25, -0.2) is 4.98 Å². The predicted molar refractivity (Wildman–Crippen MR) is 75.4 cm³/mol. The van der Waals surface area contributed by atoms with Crippen LogP contribution in [0.4, 0.5) is 11.5 Å². The molecule has 0 saturated carbocycles. The lowest BCUT2D eigenvalue weighted by atomic mass is 10.3. The van der Waals surface area contributed by atoms with Crippen molar-refractivity contribution in [2.45, 2.75) is 18.9 Å². The van der Waals surface area contributed by atoms with Crippen molar-refractivity contribution in [1.82, 2.24) is 4.98 Å². The molecule has 6 nitrogen and oxygen atoms in total. The fraction of sp³-hybridized carbons (Fsp3) is 0.571. The molecule has 3 heterocycles. The van der Waals surface area contributed by atoms with Gasteiger partial charge < -0.3 is 14.4 Å². The number of ether oxygens (including phenoxy) is 2. The van der Waals surface area contributed by atoms with Crippen molar-refractivity contribution in [2.24, 2.45) is 0 Å². The molecule has 3 rings (SSSR count). The fourth-order valence-corrected chi connectivity index (χ4v) is 2.65. The van der Waals surface area contributed by atoms with E-state index >= 15 is 0 Å². The van der Waals surface area contributed by atoms with Gasteiger partial charge in [0.1, 0.15) is 0 Å². The molecule has 108 valence electrons. The fourth-order valence-electron chi connectivity index (χ4n) is 2.65. The van der Waals surface area contributed by atoms with Gasteiger partial charge in [0.05, 0.1) is 31.0 Å². The second-order valence-electron chi connectivity index (χ2n) is 5.16. The van der Waals surface area contributed by atoms with Crippen LogP contribution in [0.2, 0.25) is 0 Å². The summed E-state index contributed by atoms with van der Waals surface area (Å²) >= 11 is 0. The van der Waals surface area contributed by atoms with E-state index in [0.717, 1.165) is 25.2 Å². The molecule has 20 heavy (non-hydrogen) atoms. The van der Waals surface area contributed by atoms with Crippen molar-refractivity contribution in [3.8, 4) is 5.75 Å². The summed E-state index contributed by atoms with van der Waals surface area (Å²) in [5.74, 6) is 1.31. The Labute approximate surface area is 118 Å². The zero-order valence-electron chi connectivity index (χ0n) is 11.8. The maximum Gasteiger partial charge on any atom is 0.231 e. The Kier molecular flexibility index (Phi) is 3.48. The highest BCUT2D eigenvalue weighted by molar-refractivity contribution is 5.94. The molecule has 0 spiro atoms. The van der Waals surface area contributed by atoms with Gasteiger partial charge in [-0.1, -0.05) is 0 Å². The number of hydrogen-bond acceptors (Lipinski definition) is 5. The first-order valence-corrected chi connectivity index (χ1v) is 6.86. The summed E-state index contributed by atoms with van der Waals surface area (Å²) in [6.07, 6.45) is 3.48. The molecular formula is C14H19N3O3. The summed E-state index contributed by atoms with van der Waals surface area (Å²) in [4.78, 5) is 20.0. The topological polar surface area (TPSA) is 54.9 Å². The highest BCUT2D eigenvalue weighted by Crippen LogP contribution is 2.33. The molecule has 0 N–H and O–H groups in total. The Balaban J connectivity index is 1.86. The number of aromatic nitrogens is 1. The Hall–Kier alpha value is -1.82. The van der Waals surface area contributed by atoms with E-state index in [1.165, 1.54) is 0 Å². The van der Waals surface area contributed by atoms with E-state index in [4.69, 9.17) is 9.47 Å². The number of hydrogen-bond donors (Lipinski definition) is 0. The summed E-state index contributed by atoms with van der Waals surface area (Å²) in [5.41, 5.74) is 1.02. The molecule has 1 unspecified atom stereocenters. The van der Waals surface area contributed by atoms with Crippen molar-refractivity contribution < 1.29 is 14.3 Å². The highest BCUT2D eigenvalue weighted by Gasteiger charge is 2.26. The standard InChI is InChI=1S/C14H19N3O3/c1-16-13(18)4-6-20-12-7-10(8-15-14(12)16)17-5-3-11(9-17)19-2/h7-8,11H,3-6,9H2,1-2H3. The number of anilines is 2. The second-order valence-corrected chi connectivity index (χ2v) is 5.16. The van der Waals surface area contributed by atoms with E-state index in [9.17, 15) is 4.79 Å². The number of carbonyl (C=O) groups excluding carboxylic acids is 1. The van der Waals surface area contributed by atoms with Gasteiger partial charge >= 0.3 is 0 Å². The van der Waals surface area contributed by atoms with Crippen LogP contribution in [0.5, 0.6) is 5.75 Å². The van der Waals surface area contributed by atoms with Gasteiger partial charge in [-0.05, 0) is 6.42 Å². The van der Waals surface area contributed by atoms with Crippen molar-refractivity contribution >= 4 is 17.4 Å². The summed E-state index contributed by atoms with van der Waals surface area (Å²) in [6, 6.07) is 1.97. The third kappa shape index (κ3) is 2.31. The molecule has 0 bridgehead atoms. The molecule has 2 aliphatic rings. The molecule has 1 fully saturated rings. The van der Waals surface area contributed by atoms with E-state index < -0.39 is 0 Å². The molecule has 1 aromatic heterocycles. The number of amides is 1. The molecular weight excluding hydrogens is 258 g/mol.